The molecule has 4 nitrogen and oxygen atoms in total. The minimum Gasteiger partial charge on any atom is -0.375 e. The van der Waals surface area contributed by atoms with Gasteiger partial charge < -0.3 is 9.64 Å². The molecule has 4 heteroatoms. The molecule has 0 aromatic heterocycles. The molecule has 1 heterocycles. The van der Waals surface area contributed by atoms with Gasteiger partial charge in [-0.2, -0.15) is 0 Å². The molecule has 1 saturated heterocycles. The van der Waals surface area contributed by atoms with Gasteiger partial charge in [0, 0.05) is 39.3 Å². The van der Waals surface area contributed by atoms with Gasteiger partial charge in [0.25, 0.3) is 0 Å². The Morgan fingerprint density at radius 3 is 2.29 bits per heavy atom. The number of carbonyl (C=O) groups excluding carboxylic acids is 1. The second kappa shape index (κ2) is 5.32. The summed E-state index contributed by atoms with van der Waals surface area (Å²) < 4.78 is 4.83. The standard InChI is InChI=1S/C10H20N2O2/c1-9(2)11-4-6-12(7-5-11)10(13)8-14-3/h9H,4-8H2,1-3H3. The van der Waals surface area contributed by atoms with Gasteiger partial charge in [0.1, 0.15) is 6.61 Å². The number of carbonyl (C=O) groups is 1. The second-order valence-corrected chi connectivity index (χ2v) is 3.94. The minimum atomic E-state index is 0.107. The molecule has 0 atom stereocenters. The lowest BCUT2D eigenvalue weighted by molar-refractivity contribution is -0.137. The quantitative estimate of drug-likeness (QED) is 0.652. The Morgan fingerprint density at radius 2 is 1.86 bits per heavy atom. The normalized spacial score (nSPS) is 19.0. The predicted molar refractivity (Wildman–Crippen MR) is 55.2 cm³/mol. The smallest absolute Gasteiger partial charge is 0.248 e. The molecular weight excluding hydrogens is 180 g/mol. The van der Waals surface area contributed by atoms with Crippen LogP contribution in [0.4, 0.5) is 0 Å². The van der Waals surface area contributed by atoms with E-state index in [0.29, 0.717) is 6.04 Å². The van der Waals surface area contributed by atoms with Gasteiger partial charge in [0.2, 0.25) is 5.91 Å². The Labute approximate surface area is 85.8 Å². The van der Waals surface area contributed by atoms with Crippen molar-refractivity contribution in [1.82, 2.24) is 9.80 Å². The maximum atomic E-state index is 11.5. The van der Waals surface area contributed by atoms with Crippen molar-refractivity contribution in [2.75, 3.05) is 39.9 Å². The third-order valence-electron chi connectivity index (χ3n) is 2.67. The summed E-state index contributed by atoms with van der Waals surface area (Å²) in [5.74, 6) is 0.107. The van der Waals surface area contributed by atoms with E-state index in [1.807, 2.05) is 4.90 Å². The lowest BCUT2D eigenvalue weighted by Crippen LogP contribution is -2.51. The van der Waals surface area contributed by atoms with Crippen LogP contribution in [0.5, 0.6) is 0 Å². The highest BCUT2D eigenvalue weighted by molar-refractivity contribution is 5.77. The number of amides is 1. The van der Waals surface area contributed by atoms with Gasteiger partial charge in [-0.3, -0.25) is 9.69 Å². The Balaban J connectivity index is 2.31. The first-order valence-corrected chi connectivity index (χ1v) is 5.16. The van der Waals surface area contributed by atoms with Crippen LogP contribution in [0.25, 0.3) is 0 Å². The lowest BCUT2D eigenvalue weighted by atomic mass is 10.2. The topological polar surface area (TPSA) is 32.8 Å². The van der Waals surface area contributed by atoms with E-state index >= 15 is 0 Å². The van der Waals surface area contributed by atoms with Crippen molar-refractivity contribution in [1.29, 1.82) is 0 Å². The van der Waals surface area contributed by atoms with Crippen LogP contribution in [0.2, 0.25) is 0 Å². The van der Waals surface area contributed by atoms with Gasteiger partial charge in [-0.1, -0.05) is 0 Å². The number of piperazine rings is 1. The lowest BCUT2D eigenvalue weighted by Gasteiger charge is -2.36. The van der Waals surface area contributed by atoms with E-state index in [2.05, 4.69) is 18.7 Å². The van der Waals surface area contributed by atoms with Gasteiger partial charge in [0.15, 0.2) is 0 Å². The Hall–Kier alpha value is -0.610. The monoisotopic (exact) mass is 200 g/mol. The van der Waals surface area contributed by atoms with E-state index in [4.69, 9.17) is 4.74 Å². The zero-order valence-electron chi connectivity index (χ0n) is 9.32. The summed E-state index contributed by atoms with van der Waals surface area (Å²) in [6, 6.07) is 0.578. The van der Waals surface area contributed by atoms with Gasteiger partial charge >= 0.3 is 0 Å². The van der Waals surface area contributed by atoms with Gasteiger partial charge in [-0.25, -0.2) is 0 Å². The van der Waals surface area contributed by atoms with Crippen molar-refractivity contribution < 1.29 is 9.53 Å². The van der Waals surface area contributed by atoms with Crippen molar-refractivity contribution in [3.05, 3.63) is 0 Å². The third-order valence-corrected chi connectivity index (χ3v) is 2.67. The molecule has 0 unspecified atom stereocenters. The van der Waals surface area contributed by atoms with Crippen molar-refractivity contribution in [2.45, 2.75) is 19.9 Å². The fraction of sp³-hybridized carbons (Fsp3) is 0.900. The summed E-state index contributed by atoms with van der Waals surface area (Å²) in [6.45, 7) is 8.21. The van der Waals surface area contributed by atoms with Gasteiger partial charge in [0.05, 0.1) is 0 Å². The number of methoxy groups -OCH3 is 1. The average molecular weight is 200 g/mol. The number of nitrogens with zero attached hydrogens (tertiary/aromatic N) is 2. The summed E-state index contributed by atoms with van der Waals surface area (Å²) in [7, 11) is 1.56. The zero-order chi connectivity index (χ0) is 10.6. The molecule has 1 amide bonds. The molecule has 0 bridgehead atoms. The molecule has 0 aromatic carbocycles. The Bertz CT molecular complexity index is 187. The largest absolute Gasteiger partial charge is 0.375 e. The first-order valence-electron chi connectivity index (χ1n) is 5.16. The van der Waals surface area contributed by atoms with Crippen molar-refractivity contribution in [3.63, 3.8) is 0 Å². The maximum absolute atomic E-state index is 11.5. The molecule has 1 fully saturated rings. The maximum Gasteiger partial charge on any atom is 0.248 e. The van der Waals surface area contributed by atoms with Crippen LogP contribution >= 0.6 is 0 Å². The van der Waals surface area contributed by atoms with E-state index < -0.39 is 0 Å². The van der Waals surface area contributed by atoms with Crippen LogP contribution in [0.1, 0.15) is 13.8 Å². The Kier molecular flexibility index (Phi) is 4.35. The highest BCUT2D eigenvalue weighted by Crippen LogP contribution is 2.05. The average Bonchev–Trinajstić information content (AvgIpc) is 2.18. The fourth-order valence-corrected chi connectivity index (χ4v) is 1.70. The summed E-state index contributed by atoms with van der Waals surface area (Å²) in [5, 5.41) is 0. The molecule has 0 spiro atoms. The van der Waals surface area contributed by atoms with Gasteiger partial charge in [-0.05, 0) is 13.8 Å². The van der Waals surface area contributed by atoms with Crippen molar-refractivity contribution in [3.8, 4) is 0 Å². The minimum absolute atomic E-state index is 0.107. The van der Waals surface area contributed by atoms with Crippen LogP contribution in [-0.4, -0.2) is 61.6 Å². The summed E-state index contributed by atoms with van der Waals surface area (Å²) >= 11 is 0. The highest BCUT2D eigenvalue weighted by atomic mass is 16.5. The van der Waals surface area contributed by atoms with E-state index in [1.165, 1.54) is 0 Å². The summed E-state index contributed by atoms with van der Waals surface area (Å²) in [5.41, 5.74) is 0. The van der Waals surface area contributed by atoms with E-state index in [0.717, 1.165) is 26.2 Å². The van der Waals surface area contributed by atoms with Gasteiger partial charge in [-0.15, -0.1) is 0 Å². The highest BCUT2D eigenvalue weighted by Gasteiger charge is 2.21. The first-order chi connectivity index (χ1) is 6.65. The van der Waals surface area contributed by atoms with Crippen LogP contribution in [-0.2, 0) is 9.53 Å². The summed E-state index contributed by atoms with van der Waals surface area (Å²) in [6.07, 6.45) is 0. The molecule has 0 aliphatic carbocycles. The van der Waals surface area contributed by atoms with E-state index in [9.17, 15) is 4.79 Å². The number of hydrogen-bond acceptors (Lipinski definition) is 3. The fourth-order valence-electron chi connectivity index (χ4n) is 1.70. The number of hydrogen-bond donors (Lipinski definition) is 0. The number of rotatable bonds is 3. The van der Waals surface area contributed by atoms with E-state index in [-0.39, 0.29) is 12.5 Å². The predicted octanol–water partition coefficient (Wildman–Crippen LogP) is 0.185. The molecule has 0 N–H and O–H groups in total. The molecule has 1 aliphatic rings. The molecule has 1 aliphatic heterocycles. The van der Waals surface area contributed by atoms with E-state index in [1.54, 1.807) is 7.11 Å². The Morgan fingerprint density at radius 1 is 1.29 bits per heavy atom. The third kappa shape index (κ3) is 2.96. The molecular formula is C10H20N2O2. The van der Waals surface area contributed by atoms with Crippen LogP contribution < -0.4 is 0 Å². The molecule has 0 radical (unpaired) electrons. The van der Waals surface area contributed by atoms with Crippen molar-refractivity contribution in [2.24, 2.45) is 0 Å². The molecule has 1 rings (SSSR count). The molecule has 0 aromatic rings. The first kappa shape index (κ1) is 11.5. The molecule has 14 heavy (non-hydrogen) atoms. The molecule has 0 saturated carbocycles. The van der Waals surface area contributed by atoms with Crippen molar-refractivity contribution >= 4 is 5.91 Å². The second-order valence-electron chi connectivity index (χ2n) is 3.94. The van der Waals surface area contributed by atoms with Crippen LogP contribution in [0.15, 0.2) is 0 Å². The molecule has 82 valence electrons. The summed E-state index contributed by atoms with van der Waals surface area (Å²) in [4.78, 5) is 15.7. The SMILES string of the molecule is COCC(=O)N1CCN(C(C)C)CC1. The van der Waals surface area contributed by atoms with Crippen LogP contribution in [0, 0.1) is 0 Å². The zero-order valence-corrected chi connectivity index (χ0v) is 9.32. The number of ether oxygens (including phenoxy) is 1. The van der Waals surface area contributed by atoms with Crippen LogP contribution in [0.3, 0.4) is 0 Å².